The van der Waals surface area contributed by atoms with Gasteiger partial charge in [-0.3, -0.25) is 0 Å². The summed E-state index contributed by atoms with van der Waals surface area (Å²) in [5, 5.41) is 13.7. The molecule has 11 heavy (non-hydrogen) atoms. The van der Waals surface area contributed by atoms with Crippen molar-refractivity contribution in [1.29, 1.82) is 10.8 Å². The maximum Gasteiger partial charge on any atom is 0.0209 e. The van der Waals surface area contributed by atoms with Gasteiger partial charge in [-0.25, -0.2) is 0 Å². The zero-order chi connectivity index (χ0) is 8.53. The summed E-state index contributed by atoms with van der Waals surface area (Å²) in [6, 6.07) is 0. The van der Waals surface area contributed by atoms with Gasteiger partial charge in [-0.05, 0) is 31.6 Å². The molecule has 2 N–H and O–H groups in total. The topological polar surface area (TPSA) is 47.7 Å². The normalized spacial score (nSPS) is 11.9. The van der Waals surface area contributed by atoms with Crippen LogP contribution in [0.1, 0.15) is 19.8 Å². The summed E-state index contributed by atoms with van der Waals surface area (Å²) in [7, 11) is 0. The lowest BCUT2D eigenvalue weighted by atomic mass is 10.2. The van der Waals surface area contributed by atoms with Crippen molar-refractivity contribution < 1.29 is 0 Å². The van der Waals surface area contributed by atoms with Gasteiger partial charge in [0.15, 0.2) is 0 Å². The highest BCUT2D eigenvalue weighted by Gasteiger charge is 1.84. The molecule has 0 rings (SSSR count). The van der Waals surface area contributed by atoms with E-state index in [1.807, 2.05) is 25.2 Å². The summed E-state index contributed by atoms with van der Waals surface area (Å²) in [4.78, 5) is 0. The molecule has 0 aromatic carbocycles. The van der Waals surface area contributed by atoms with Gasteiger partial charge in [-0.1, -0.05) is 18.2 Å². The third-order valence-corrected chi connectivity index (χ3v) is 1.33. The Morgan fingerprint density at radius 3 is 2.45 bits per heavy atom. The first-order chi connectivity index (χ1) is 5.35. The molecule has 0 saturated heterocycles. The predicted octanol–water partition coefficient (Wildman–Crippen LogP) is 2.57. The SMILES string of the molecule is C/C=C(/C=N)C/C=C\CC=N. The fraction of sp³-hybridized carbons (Fsp3) is 0.333. The van der Waals surface area contributed by atoms with Gasteiger partial charge in [0.05, 0.1) is 0 Å². The minimum absolute atomic E-state index is 0.689. The van der Waals surface area contributed by atoms with Crippen LogP contribution in [-0.4, -0.2) is 12.4 Å². The van der Waals surface area contributed by atoms with E-state index in [4.69, 9.17) is 10.8 Å². The lowest BCUT2D eigenvalue weighted by molar-refractivity contribution is 1.28. The van der Waals surface area contributed by atoms with Crippen molar-refractivity contribution in [2.45, 2.75) is 19.8 Å². The molecule has 0 saturated carbocycles. The Hall–Kier alpha value is -1.18. The summed E-state index contributed by atoms with van der Waals surface area (Å²) >= 11 is 0. The van der Waals surface area contributed by atoms with E-state index in [0.29, 0.717) is 6.42 Å². The van der Waals surface area contributed by atoms with Crippen molar-refractivity contribution in [3.63, 3.8) is 0 Å². The number of rotatable bonds is 5. The second-order valence-electron chi connectivity index (χ2n) is 2.12. The Balaban J connectivity index is 3.67. The van der Waals surface area contributed by atoms with Gasteiger partial charge < -0.3 is 10.8 Å². The maximum absolute atomic E-state index is 6.97. The highest BCUT2D eigenvalue weighted by molar-refractivity contribution is 5.75. The molecule has 0 aliphatic rings. The van der Waals surface area contributed by atoms with Crippen LogP contribution < -0.4 is 0 Å². The van der Waals surface area contributed by atoms with Crippen LogP contribution in [0.15, 0.2) is 23.8 Å². The van der Waals surface area contributed by atoms with E-state index in [9.17, 15) is 0 Å². The van der Waals surface area contributed by atoms with E-state index >= 15 is 0 Å². The molecule has 0 heterocycles. The Labute approximate surface area is 67.7 Å². The monoisotopic (exact) mass is 150 g/mol. The number of hydrogen-bond donors (Lipinski definition) is 2. The number of hydrogen-bond acceptors (Lipinski definition) is 2. The first-order valence-corrected chi connectivity index (χ1v) is 3.64. The first-order valence-electron chi connectivity index (χ1n) is 3.64. The molecular formula is C9H14N2. The molecule has 0 aliphatic heterocycles. The molecule has 0 radical (unpaired) electrons. The molecule has 2 nitrogen and oxygen atoms in total. The van der Waals surface area contributed by atoms with Crippen LogP contribution in [0.3, 0.4) is 0 Å². The van der Waals surface area contributed by atoms with E-state index in [2.05, 4.69) is 0 Å². The van der Waals surface area contributed by atoms with E-state index in [1.165, 1.54) is 12.4 Å². The minimum atomic E-state index is 0.689. The fourth-order valence-electron chi connectivity index (χ4n) is 0.644. The molecular weight excluding hydrogens is 136 g/mol. The summed E-state index contributed by atoms with van der Waals surface area (Å²) in [5.41, 5.74) is 1.01. The Kier molecular flexibility index (Phi) is 6.19. The molecule has 0 spiro atoms. The van der Waals surface area contributed by atoms with Crippen molar-refractivity contribution in [1.82, 2.24) is 0 Å². The Morgan fingerprint density at radius 1 is 1.27 bits per heavy atom. The molecule has 2 heteroatoms. The molecule has 0 aromatic rings. The van der Waals surface area contributed by atoms with Crippen LogP contribution in [0.5, 0.6) is 0 Å². The van der Waals surface area contributed by atoms with Crippen molar-refractivity contribution in [2.75, 3.05) is 0 Å². The van der Waals surface area contributed by atoms with E-state index < -0.39 is 0 Å². The van der Waals surface area contributed by atoms with E-state index in [-0.39, 0.29) is 0 Å². The van der Waals surface area contributed by atoms with Crippen molar-refractivity contribution in [3.8, 4) is 0 Å². The van der Waals surface area contributed by atoms with Gasteiger partial charge >= 0.3 is 0 Å². The van der Waals surface area contributed by atoms with E-state index in [0.717, 1.165) is 12.0 Å². The minimum Gasteiger partial charge on any atom is -0.313 e. The van der Waals surface area contributed by atoms with Crippen LogP contribution in [0.25, 0.3) is 0 Å². The lowest BCUT2D eigenvalue weighted by Crippen LogP contribution is -1.79. The molecule has 0 atom stereocenters. The third-order valence-electron chi connectivity index (χ3n) is 1.33. The average molecular weight is 150 g/mol. The van der Waals surface area contributed by atoms with Gasteiger partial charge in [-0.15, -0.1) is 0 Å². The van der Waals surface area contributed by atoms with Crippen LogP contribution in [0.4, 0.5) is 0 Å². The molecule has 0 fully saturated rings. The zero-order valence-electron chi connectivity index (χ0n) is 6.80. The molecule has 0 bridgehead atoms. The van der Waals surface area contributed by atoms with Gasteiger partial charge in [-0.2, -0.15) is 0 Å². The predicted molar refractivity (Wildman–Crippen MR) is 49.7 cm³/mol. The van der Waals surface area contributed by atoms with Gasteiger partial charge in [0, 0.05) is 6.21 Å². The van der Waals surface area contributed by atoms with Crippen molar-refractivity contribution in [2.24, 2.45) is 0 Å². The summed E-state index contributed by atoms with van der Waals surface area (Å²) < 4.78 is 0. The smallest absolute Gasteiger partial charge is 0.0209 e. The molecule has 60 valence electrons. The van der Waals surface area contributed by atoms with E-state index in [1.54, 1.807) is 0 Å². The van der Waals surface area contributed by atoms with Crippen LogP contribution in [0.2, 0.25) is 0 Å². The quantitative estimate of drug-likeness (QED) is 0.447. The van der Waals surface area contributed by atoms with Crippen LogP contribution in [0, 0.1) is 10.8 Å². The summed E-state index contributed by atoms with van der Waals surface area (Å²) in [6.45, 7) is 1.92. The first kappa shape index (κ1) is 9.82. The van der Waals surface area contributed by atoms with Crippen LogP contribution in [-0.2, 0) is 0 Å². The molecule has 0 aromatic heterocycles. The molecule has 0 unspecified atom stereocenters. The summed E-state index contributed by atoms with van der Waals surface area (Å²) in [5.74, 6) is 0. The maximum atomic E-state index is 6.97. The summed E-state index contributed by atoms with van der Waals surface area (Å²) in [6.07, 6.45) is 10.0. The number of allylic oxidation sites excluding steroid dienone is 4. The fourth-order valence-corrected chi connectivity index (χ4v) is 0.644. The Bertz CT molecular complexity index is 178. The van der Waals surface area contributed by atoms with Crippen molar-refractivity contribution in [3.05, 3.63) is 23.8 Å². The molecule has 0 amide bonds. The second-order valence-corrected chi connectivity index (χ2v) is 2.12. The zero-order valence-corrected chi connectivity index (χ0v) is 6.80. The third kappa shape index (κ3) is 5.27. The molecule has 0 aliphatic carbocycles. The van der Waals surface area contributed by atoms with Gasteiger partial charge in [0.25, 0.3) is 0 Å². The van der Waals surface area contributed by atoms with Crippen molar-refractivity contribution >= 4 is 12.4 Å². The van der Waals surface area contributed by atoms with Gasteiger partial charge in [0.1, 0.15) is 0 Å². The second kappa shape index (κ2) is 6.93. The Morgan fingerprint density at radius 2 is 2.00 bits per heavy atom. The van der Waals surface area contributed by atoms with Crippen LogP contribution >= 0.6 is 0 Å². The van der Waals surface area contributed by atoms with Gasteiger partial charge in [0.2, 0.25) is 0 Å². The lowest BCUT2D eigenvalue weighted by Gasteiger charge is -1.91. The largest absolute Gasteiger partial charge is 0.313 e. The average Bonchev–Trinajstić information content (AvgIpc) is 2.05. The number of nitrogens with one attached hydrogen (secondary N) is 2. The highest BCUT2D eigenvalue weighted by atomic mass is 14.3. The highest BCUT2D eigenvalue weighted by Crippen LogP contribution is 1.98. The standard InChI is InChI=1S/C9H14N2/c1-2-9(8-11)6-4-3-5-7-10/h2-4,7-8,10-11H,5-6H2,1H3/b4-3-,9-2+,10-7?,11-8?.